The van der Waals surface area contributed by atoms with Crippen molar-refractivity contribution in [1.29, 1.82) is 0 Å². The van der Waals surface area contributed by atoms with Gasteiger partial charge < -0.3 is 10.6 Å². The molecule has 2 rings (SSSR count). The lowest BCUT2D eigenvalue weighted by molar-refractivity contribution is 0.0950. The summed E-state index contributed by atoms with van der Waals surface area (Å²) < 4.78 is 27.8. The third kappa shape index (κ3) is 5.06. The number of amides is 1. The van der Waals surface area contributed by atoms with Crippen molar-refractivity contribution in [2.45, 2.75) is 31.7 Å². The Morgan fingerprint density at radius 1 is 1.08 bits per heavy atom. The Balaban J connectivity index is 2.11. The van der Waals surface area contributed by atoms with E-state index in [9.17, 15) is 13.2 Å². The number of carbonyl (C=O) groups is 1. The highest BCUT2D eigenvalue weighted by Gasteiger charge is 2.17. The monoisotopic (exact) mass is 375 g/mol. The van der Waals surface area contributed by atoms with Gasteiger partial charge in [0.1, 0.15) is 0 Å². The maximum absolute atomic E-state index is 12.6. The standard InChI is InChI=1S/C19H25N3O3S/c1-13-5-6-14(2)18(11-13)26(24,25)22-17-9-7-16(8-10-17)19(23)21-12-15(3)20-4/h5-11,15,20,22H,12H2,1-4H3,(H,21,23). The fraction of sp³-hybridized carbons (Fsp3) is 0.316. The largest absolute Gasteiger partial charge is 0.350 e. The summed E-state index contributed by atoms with van der Waals surface area (Å²) in [6.07, 6.45) is 0. The molecule has 0 aliphatic rings. The van der Waals surface area contributed by atoms with Gasteiger partial charge >= 0.3 is 0 Å². The van der Waals surface area contributed by atoms with E-state index in [1.807, 2.05) is 27.0 Å². The summed E-state index contributed by atoms with van der Waals surface area (Å²) >= 11 is 0. The van der Waals surface area contributed by atoms with Crippen LogP contribution in [-0.2, 0) is 10.0 Å². The zero-order valence-electron chi connectivity index (χ0n) is 15.5. The summed E-state index contributed by atoms with van der Waals surface area (Å²) in [5.41, 5.74) is 2.44. The molecule has 7 heteroatoms. The van der Waals surface area contributed by atoms with Gasteiger partial charge in [0.2, 0.25) is 0 Å². The highest BCUT2D eigenvalue weighted by molar-refractivity contribution is 7.92. The number of aryl methyl sites for hydroxylation is 2. The van der Waals surface area contributed by atoms with Crippen LogP contribution >= 0.6 is 0 Å². The van der Waals surface area contributed by atoms with E-state index < -0.39 is 10.0 Å². The molecule has 0 fully saturated rings. The molecule has 1 atom stereocenters. The van der Waals surface area contributed by atoms with E-state index in [0.717, 1.165) is 5.56 Å². The predicted molar refractivity (Wildman–Crippen MR) is 104 cm³/mol. The van der Waals surface area contributed by atoms with E-state index in [-0.39, 0.29) is 16.8 Å². The van der Waals surface area contributed by atoms with Crippen LogP contribution in [0.1, 0.15) is 28.4 Å². The molecular weight excluding hydrogens is 350 g/mol. The Morgan fingerprint density at radius 2 is 1.73 bits per heavy atom. The molecule has 0 spiro atoms. The van der Waals surface area contributed by atoms with Gasteiger partial charge in [-0.3, -0.25) is 9.52 Å². The van der Waals surface area contributed by atoms with Gasteiger partial charge in [-0.2, -0.15) is 0 Å². The molecule has 2 aromatic carbocycles. The maximum Gasteiger partial charge on any atom is 0.262 e. The van der Waals surface area contributed by atoms with Crippen LogP contribution in [-0.4, -0.2) is 34.0 Å². The minimum atomic E-state index is -3.68. The molecule has 0 saturated carbocycles. The molecular formula is C19H25N3O3S. The predicted octanol–water partition coefficient (Wildman–Crippen LogP) is 2.44. The van der Waals surface area contributed by atoms with Crippen LogP contribution in [0.2, 0.25) is 0 Å². The van der Waals surface area contributed by atoms with Crippen molar-refractivity contribution in [2.75, 3.05) is 18.3 Å². The normalized spacial score (nSPS) is 12.5. The Morgan fingerprint density at radius 3 is 2.35 bits per heavy atom. The topological polar surface area (TPSA) is 87.3 Å². The van der Waals surface area contributed by atoms with E-state index in [1.165, 1.54) is 0 Å². The van der Waals surface area contributed by atoms with Crippen molar-refractivity contribution < 1.29 is 13.2 Å². The second-order valence-electron chi connectivity index (χ2n) is 6.35. The zero-order chi connectivity index (χ0) is 19.3. The fourth-order valence-corrected chi connectivity index (χ4v) is 3.74. The lowest BCUT2D eigenvalue weighted by Crippen LogP contribution is -2.37. The Kier molecular flexibility index (Phi) is 6.39. The molecule has 1 unspecified atom stereocenters. The average molecular weight is 375 g/mol. The van der Waals surface area contributed by atoms with Gasteiger partial charge in [0.05, 0.1) is 4.90 Å². The lowest BCUT2D eigenvalue weighted by atomic mass is 10.2. The fourth-order valence-electron chi connectivity index (χ4n) is 2.35. The summed E-state index contributed by atoms with van der Waals surface area (Å²) in [5.74, 6) is -0.198. The summed E-state index contributed by atoms with van der Waals surface area (Å²) in [6.45, 7) is 6.08. The summed E-state index contributed by atoms with van der Waals surface area (Å²) in [5, 5.41) is 5.86. The number of benzene rings is 2. The molecule has 3 N–H and O–H groups in total. The van der Waals surface area contributed by atoms with Gasteiger partial charge in [0.15, 0.2) is 0 Å². The SMILES string of the molecule is CNC(C)CNC(=O)c1ccc(NS(=O)(=O)c2cc(C)ccc2C)cc1. The molecule has 6 nitrogen and oxygen atoms in total. The molecule has 0 saturated heterocycles. The highest BCUT2D eigenvalue weighted by Crippen LogP contribution is 2.21. The number of carbonyl (C=O) groups excluding carboxylic acids is 1. The Labute approximate surface area is 155 Å². The zero-order valence-corrected chi connectivity index (χ0v) is 16.3. The van der Waals surface area contributed by atoms with Crippen molar-refractivity contribution in [3.63, 3.8) is 0 Å². The molecule has 2 aromatic rings. The second kappa shape index (κ2) is 8.33. The van der Waals surface area contributed by atoms with Gasteiger partial charge in [-0.25, -0.2) is 8.42 Å². The van der Waals surface area contributed by atoms with Crippen molar-refractivity contribution >= 4 is 21.6 Å². The quantitative estimate of drug-likeness (QED) is 0.694. The van der Waals surface area contributed by atoms with Crippen LogP contribution in [0.15, 0.2) is 47.4 Å². The van der Waals surface area contributed by atoms with E-state index in [1.54, 1.807) is 43.3 Å². The lowest BCUT2D eigenvalue weighted by Gasteiger charge is -2.13. The molecule has 0 aromatic heterocycles. The number of likely N-dealkylation sites (N-methyl/N-ethyl adjacent to an activating group) is 1. The van der Waals surface area contributed by atoms with Crippen LogP contribution in [0.4, 0.5) is 5.69 Å². The van der Waals surface area contributed by atoms with Crippen LogP contribution in [0.5, 0.6) is 0 Å². The van der Waals surface area contributed by atoms with E-state index in [0.29, 0.717) is 23.4 Å². The Hall–Kier alpha value is -2.38. The molecule has 0 aliphatic heterocycles. The molecule has 1 amide bonds. The van der Waals surface area contributed by atoms with E-state index in [2.05, 4.69) is 15.4 Å². The van der Waals surface area contributed by atoms with E-state index >= 15 is 0 Å². The van der Waals surface area contributed by atoms with Gasteiger partial charge in [-0.1, -0.05) is 12.1 Å². The first-order valence-corrected chi connectivity index (χ1v) is 9.87. The number of anilines is 1. The smallest absolute Gasteiger partial charge is 0.262 e. The second-order valence-corrected chi connectivity index (χ2v) is 8.00. The summed E-state index contributed by atoms with van der Waals surface area (Å²) in [7, 11) is -1.86. The molecule has 0 bridgehead atoms. The van der Waals surface area contributed by atoms with Gasteiger partial charge in [-0.05, 0) is 69.3 Å². The van der Waals surface area contributed by atoms with Crippen molar-refractivity contribution in [3.8, 4) is 0 Å². The number of hydrogen-bond donors (Lipinski definition) is 3. The maximum atomic E-state index is 12.6. The molecule has 0 radical (unpaired) electrons. The third-order valence-corrected chi connectivity index (χ3v) is 5.62. The first-order chi connectivity index (χ1) is 12.2. The van der Waals surface area contributed by atoms with Crippen molar-refractivity contribution in [3.05, 3.63) is 59.2 Å². The van der Waals surface area contributed by atoms with Crippen LogP contribution in [0.25, 0.3) is 0 Å². The van der Waals surface area contributed by atoms with Crippen LogP contribution in [0.3, 0.4) is 0 Å². The average Bonchev–Trinajstić information content (AvgIpc) is 2.61. The number of sulfonamides is 1. The first-order valence-electron chi connectivity index (χ1n) is 8.38. The van der Waals surface area contributed by atoms with Crippen LogP contribution < -0.4 is 15.4 Å². The third-order valence-electron chi connectivity index (χ3n) is 4.09. The summed E-state index contributed by atoms with van der Waals surface area (Å²) in [6, 6.07) is 11.8. The van der Waals surface area contributed by atoms with Gasteiger partial charge in [0.25, 0.3) is 15.9 Å². The molecule has 0 heterocycles. The van der Waals surface area contributed by atoms with Crippen LogP contribution in [0, 0.1) is 13.8 Å². The number of nitrogens with one attached hydrogen (secondary N) is 3. The minimum absolute atomic E-state index is 0.169. The van der Waals surface area contributed by atoms with Crippen molar-refractivity contribution in [1.82, 2.24) is 10.6 Å². The van der Waals surface area contributed by atoms with E-state index in [4.69, 9.17) is 0 Å². The number of hydrogen-bond acceptors (Lipinski definition) is 4. The highest BCUT2D eigenvalue weighted by atomic mass is 32.2. The van der Waals surface area contributed by atoms with Gasteiger partial charge in [0, 0.05) is 23.8 Å². The Bertz CT molecular complexity index is 877. The number of rotatable bonds is 7. The van der Waals surface area contributed by atoms with Crippen molar-refractivity contribution in [2.24, 2.45) is 0 Å². The minimum Gasteiger partial charge on any atom is -0.350 e. The van der Waals surface area contributed by atoms with Gasteiger partial charge in [-0.15, -0.1) is 0 Å². The summed E-state index contributed by atoms with van der Waals surface area (Å²) in [4.78, 5) is 12.3. The molecule has 0 aliphatic carbocycles. The first kappa shape index (κ1) is 19.9. The molecule has 140 valence electrons. The molecule has 26 heavy (non-hydrogen) atoms.